The Morgan fingerprint density at radius 3 is 2.59 bits per heavy atom. The predicted molar refractivity (Wildman–Crippen MR) is 109 cm³/mol. The van der Waals surface area contributed by atoms with Gasteiger partial charge in [0, 0.05) is 56.6 Å². The number of amides is 3. The van der Waals surface area contributed by atoms with E-state index in [9.17, 15) is 9.59 Å². The molecule has 3 amide bonds. The number of nitrogens with zero attached hydrogens (tertiary/aromatic N) is 2. The van der Waals surface area contributed by atoms with Gasteiger partial charge in [-0.05, 0) is 30.7 Å². The van der Waals surface area contributed by atoms with Crippen LogP contribution in [0.3, 0.4) is 0 Å². The second-order valence-corrected chi connectivity index (χ2v) is 8.61. The fourth-order valence-electron chi connectivity index (χ4n) is 3.86. The zero-order valence-electron chi connectivity index (χ0n) is 16.1. The largest absolute Gasteiger partial charge is 0.340 e. The number of hydrogen-bond donors (Lipinski definition) is 2. The van der Waals surface area contributed by atoms with Crippen LogP contribution in [-0.4, -0.2) is 60.5 Å². The number of piperazine rings is 1. The van der Waals surface area contributed by atoms with Crippen molar-refractivity contribution >= 4 is 23.3 Å². The van der Waals surface area contributed by atoms with Crippen molar-refractivity contribution in [2.75, 3.05) is 32.7 Å². The first kappa shape index (κ1) is 20.1. The summed E-state index contributed by atoms with van der Waals surface area (Å²) in [7, 11) is 0. The molecule has 27 heavy (non-hydrogen) atoms. The number of hydrogen-bond acceptors (Lipinski definition) is 4. The molecule has 0 radical (unpaired) electrons. The van der Waals surface area contributed by atoms with Crippen LogP contribution in [0.1, 0.15) is 49.8 Å². The molecule has 1 saturated heterocycles. The summed E-state index contributed by atoms with van der Waals surface area (Å²) in [4.78, 5) is 30.0. The fourth-order valence-corrected chi connectivity index (χ4v) is 4.61. The highest BCUT2D eigenvalue weighted by molar-refractivity contribution is 7.09. The highest BCUT2D eigenvalue weighted by atomic mass is 32.1. The number of carbonyl (C=O) groups is 2. The van der Waals surface area contributed by atoms with E-state index in [1.165, 1.54) is 24.1 Å². The van der Waals surface area contributed by atoms with Crippen molar-refractivity contribution in [3.05, 3.63) is 22.4 Å². The first-order valence-electron chi connectivity index (χ1n) is 10.3. The Kier molecular flexibility index (Phi) is 7.95. The fraction of sp³-hybridized carbons (Fsp3) is 0.700. The number of carbonyl (C=O) groups excluding carboxylic acids is 2. The van der Waals surface area contributed by atoms with Crippen LogP contribution in [0.5, 0.6) is 0 Å². The summed E-state index contributed by atoms with van der Waals surface area (Å²) < 4.78 is 0. The molecule has 2 fully saturated rings. The minimum Gasteiger partial charge on any atom is -0.340 e. The molecule has 3 rings (SSSR count). The third kappa shape index (κ3) is 6.81. The van der Waals surface area contributed by atoms with Crippen LogP contribution in [0.2, 0.25) is 0 Å². The van der Waals surface area contributed by atoms with Crippen LogP contribution in [0.15, 0.2) is 17.5 Å². The average Bonchev–Trinajstić information content (AvgIpc) is 3.19. The molecule has 1 saturated carbocycles. The standard InChI is InChI=1S/C20H32N4O2S/c25-19(9-4-10-21-20(26)22-17-6-2-1-3-7-17)24-13-11-23(12-14-24)16-18-8-5-15-27-18/h5,8,15,17H,1-4,6-7,9-14,16H2,(H2,21,22,26). The maximum atomic E-state index is 12.4. The molecule has 7 heteroatoms. The molecule has 0 bridgehead atoms. The van der Waals surface area contributed by atoms with Gasteiger partial charge in [0.25, 0.3) is 0 Å². The summed E-state index contributed by atoms with van der Waals surface area (Å²) in [5.41, 5.74) is 0. The lowest BCUT2D eigenvalue weighted by atomic mass is 9.96. The van der Waals surface area contributed by atoms with Crippen molar-refractivity contribution in [1.82, 2.24) is 20.4 Å². The highest BCUT2D eigenvalue weighted by Gasteiger charge is 2.21. The second kappa shape index (κ2) is 10.7. The van der Waals surface area contributed by atoms with Crippen LogP contribution in [-0.2, 0) is 11.3 Å². The SMILES string of the molecule is O=C(NCCCC(=O)N1CCN(Cc2cccs2)CC1)NC1CCCCC1. The van der Waals surface area contributed by atoms with E-state index in [-0.39, 0.29) is 11.9 Å². The Morgan fingerprint density at radius 2 is 1.89 bits per heavy atom. The quantitative estimate of drug-likeness (QED) is 0.702. The molecule has 150 valence electrons. The van der Waals surface area contributed by atoms with Gasteiger partial charge in [-0.2, -0.15) is 0 Å². The van der Waals surface area contributed by atoms with E-state index < -0.39 is 0 Å². The Balaban J connectivity index is 1.25. The van der Waals surface area contributed by atoms with Crippen molar-refractivity contribution in [3.63, 3.8) is 0 Å². The number of rotatable bonds is 7. The lowest BCUT2D eigenvalue weighted by Gasteiger charge is -2.34. The molecule has 0 aromatic carbocycles. The Labute approximate surface area is 166 Å². The predicted octanol–water partition coefficient (Wildman–Crippen LogP) is 2.80. The Hall–Kier alpha value is -1.60. The van der Waals surface area contributed by atoms with E-state index in [2.05, 4.69) is 33.0 Å². The topological polar surface area (TPSA) is 64.7 Å². The monoisotopic (exact) mass is 392 g/mol. The zero-order chi connectivity index (χ0) is 18.9. The minimum absolute atomic E-state index is 0.0865. The lowest BCUT2D eigenvalue weighted by Crippen LogP contribution is -2.48. The average molecular weight is 393 g/mol. The van der Waals surface area contributed by atoms with E-state index in [4.69, 9.17) is 0 Å². The molecule has 0 spiro atoms. The molecule has 2 heterocycles. The molecular formula is C20H32N4O2S. The molecule has 1 aliphatic heterocycles. The van der Waals surface area contributed by atoms with Gasteiger partial charge in [-0.1, -0.05) is 25.3 Å². The van der Waals surface area contributed by atoms with Crippen LogP contribution >= 0.6 is 11.3 Å². The Bertz CT molecular complexity index is 579. The second-order valence-electron chi connectivity index (χ2n) is 7.58. The molecule has 0 atom stereocenters. The van der Waals surface area contributed by atoms with E-state index >= 15 is 0 Å². The Morgan fingerprint density at radius 1 is 1.11 bits per heavy atom. The molecule has 2 N–H and O–H groups in total. The van der Waals surface area contributed by atoms with Crippen LogP contribution < -0.4 is 10.6 Å². The highest BCUT2D eigenvalue weighted by Crippen LogP contribution is 2.17. The van der Waals surface area contributed by atoms with Gasteiger partial charge in [-0.15, -0.1) is 11.3 Å². The summed E-state index contributed by atoms with van der Waals surface area (Å²) in [6, 6.07) is 4.49. The van der Waals surface area contributed by atoms with E-state index in [0.717, 1.165) is 45.6 Å². The van der Waals surface area contributed by atoms with Crippen molar-refractivity contribution in [2.45, 2.75) is 57.5 Å². The van der Waals surface area contributed by atoms with Crippen LogP contribution in [0, 0.1) is 0 Å². The molecule has 6 nitrogen and oxygen atoms in total. The number of urea groups is 1. The maximum absolute atomic E-state index is 12.4. The summed E-state index contributed by atoms with van der Waals surface area (Å²) in [6.07, 6.45) is 7.08. The van der Waals surface area contributed by atoms with Gasteiger partial charge in [-0.25, -0.2) is 4.79 Å². The smallest absolute Gasteiger partial charge is 0.315 e. The van der Waals surface area contributed by atoms with Crippen molar-refractivity contribution in [2.24, 2.45) is 0 Å². The molecule has 2 aliphatic rings. The number of thiophene rings is 1. The van der Waals surface area contributed by atoms with Gasteiger partial charge in [0.15, 0.2) is 0 Å². The van der Waals surface area contributed by atoms with Gasteiger partial charge < -0.3 is 15.5 Å². The van der Waals surface area contributed by atoms with E-state index in [1.54, 1.807) is 11.3 Å². The van der Waals surface area contributed by atoms with Crippen molar-refractivity contribution in [3.8, 4) is 0 Å². The zero-order valence-corrected chi connectivity index (χ0v) is 16.9. The molecule has 1 aromatic rings. The van der Waals surface area contributed by atoms with Gasteiger partial charge in [0.05, 0.1) is 0 Å². The summed E-state index contributed by atoms with van der Waals surface area (Å²) >= 11 is 1.79. The first-order valence-corrected chi connectivity index (χ1v) is 11.2. The van der Waals surface area contributed by atoms with Crippen molar-refractivity contribution in [1.29, 1.82) is 0 Å². The van der Waals surface area contributed by atoms with E-state index in [0.29, 0.717) is 25.4 Å². The molecule has 0 unspecified atom stereocenters. The summed E-state index contributed by atoms with van der Waals surface area (Å²) in [5.74, 6) is 0.209. The van der Waals surface area contributed by atoms with Crippen LogP contribution in [0.25, 0.3) is 0 Å². The summed E-state index contributed by atoms with van der Waals surface area (Å²) in [6.45, 7) is 5.03. The van der Waals surface area contributed by atoms with Gasteiger partial charge in [-0.3, -0.25) is 9.69 Å². The minimum atomic E-state index is -0.0865. The third-order valence-electron chi connectivity index (χ3n) is 5.48. The van der Waals surface area contributed by atoms with Gasteiger partial charge in [0.1, 0.15) is 0 Å². The lowest BCUT2D eigenvalue weighted by molar-refractivity contribution is -0.133. The molecule has 1 aromatic heterocycles. The maximum Gasteiger partial charge on any atom is 0.315 e. The van der Waals surface area contributed by atoms with Gasteiger partial charge in [0.2, 0.25) is 5.91 Å². The van der Waals surface area contributed by atoms with Crippen molar-refractivity contribution < 1.29 is 9.59 Å². The summed E-state index contributed by atoms with van der Waals surface area (Å²) in [5, 5.41) is 8.04. The van der Waals surface area contributed by atoms with Gasteiger partial charge >= 0.3 is 6.03 Å². The third-order valence-corrected chi connectivity index (χ3v) is 6.34. The number of nitrogens with one attached hydrogen (secondary N) is 2. The van der Waals surface area contributed by atoms with Crippen LogP contribution in [0.4, 0.5) is 4.79 Å². The molecular weight excluding hydrogens is 360 g/mol. The first-order chi connectivity index (χ1) is 13.2. The molecule has 1 aliphatic carbocycles. The normalized spacial score (nSPS) is 19.0. The van der Waals surface area contributed by atoms with E-state index in [1.807, 2.05) is 4.90 Å².